The van der Waals surface area contributed by atoms with Crippen molar-refractivity contribution in [2.45, 2.75) is 19.3 Å². The standard InChI is InChI=1S/C26H20Br2O5/c1-3-8-32-25-20(27)12-16(14-22(25)29)10-18-6-5-7-19(24(18)31)11-17-13-21(28)26(23(30)15-17)33-9-4-2/h1-2,10-15,29-30H,5-9H2/b18-10+,19-11+. The van der Waals surface area contributed by atoms with E-state index < -0.39 is 0 Å². The Balaban J connectivity index is 1.87. The predicted molar refractivity (Wildman–Crippen MR) is 135 cm³/mol. The summed E-state index contributed by atoms with van der Waals surface area (Å²) in [6, 6.07) is 6.57. The summed E-state index contributed by atoms with van der Waals surface area (Å²) >= 11 is 6.74. The summed E-state index contributed by atoms with van der Waals surface area (Å²) < 4.78 is 11.8. The summed E-state index contributed by atoms with van der Waals surface area (Å²) in [6.07, 6.45) is 16.0. The first-order chi connectivity index (χ1) is 15.8. The molecule has 7 heteroatoms. The third kappa shape index (κ3) is 6.01. The van der Waals surface area contributed by atoms with Crippen molar-refractivity contribution in [3.63, 3.8) is 0 Å². The minimum atomic E-state index is -0.0761. The average Bonchev–Trinajstić information content (AvgIpc) is 2.75. The van der Waals surface area contributed by atoms with Gasteiger partial charge in [-0.25, -0.2) is 0 Å². The Morgan fingerprint density at radius 2 is 1.27 bits per heavy atom. The van der Waals surface area contributed by atoms with Gasteiger partial charge in [-0.15, -0.1) is 12.8 Å². The molecule has 0 bridgehead atoms. The summed E-state index contributed by atoms with van der Waals surface area (Å²) in [5.41, 5.74) is 2.58. The van der Waals surface area contributed by atoms with Gasteiger partial charge >= 0.3 is 0 Å². The van der Waals surface area contributed by atoms with Crippen LogP contribution in [0.3, 0.4) is 0 Å². The first kappa shape index (κ1) is 24.5. The maximum atomic E-state index is 13.1. The van der Waals surface area contributed by atoms with Crippen molar-refractivity contribution >= 4 is 49.8 Å². The zero-order chi connectivity index (χ0) is 24.0. The highest BCUT2D eigenvalue weighted by Crippen LogP contribution is 2.39. The number of aromatic hydroxyl groups is 2. The fourth-order valence-electron chi connectivity index (χ4n) is 3.46. The number of phenols is 2. The highest BCUT2D eigenvalue weighted by molar-refractivity contribution is 9.11. The smallest absolute Gasteiger partial charge is 0.185 e. The number of carbonyl (C=O) groups is 1. The maximum absolute atomic E-state index is 13.1. The monoisotopic (exact) mass is 570 g/mol. The van der Waals surface area contributed by atoms with Crippen LogP contribution in [-0.2, 0) is 4.79 Å². The Kier molecular flexibility index (Phi) is 8.27. The average molecular weight is 572 g/mol. The number of allylic oxidation sites excluding steroid dienone is 2. The number of rotatable bonds is 6. The van der Waals surface area contributed by atoms with Crippen LogP contribution in [-0.4, -0.2) is 29.2 Å². The molecule has 0 heterocycles. The molecule has 2 aromatic rings. The Labute approximate surface area is 209 Å². The van der Waals surface area contributed by atoms with Crippen LogP contribution in [0, 0.1) is 24.7 Å². The first-order valence-electron chi connectivity index (χ1n) is 9.97. The molecule has 33 heavy (non-hydrogen) atoms. The van der Waals surface area contributed by atoms with Crippen molar-refractivity contribution in [1.29, 1.82) is 0 Å². The molecule has 0 aromatic heterocycles. The van der Waals surface area contributed by atoms with Gasteiger partial charge in [0.15, 0.2) is 28.8 Å². The number of ether oxygens (including phenoxy) is 2. The van der Waals surface area contributed by atoms with Crippen molar-refractivity contribution in [3.05, 3.63) is 55.5 Å². The predicted octanol–water partition coefficient (Wildman–Crippen LogP) is 5.87. The number of Topliss-reactive ketones (excluding diaryl/α,β-unsaturated/α-hetero) is 1. The molecule has 0 saturated heterocycles. The number of benzene rings is 2. The molecular weight excluding hydrogens is 552 g/mol. The molecule has 1 aliphatic carbocycles. The molecule has 2 N–H and O–H groups in total. The van der Waals surface area contributed by atoms with Crippen molar-refractivity contribution in [2.75, 3.05) is 13.2 Å². The molecule has 0 aliphatic heterocycles. The summed E-state index contributed by atoms with van der Waals surface area (Å²) in [7, 11) is 0. The van der Waals surface area contributed by atoms with Crippen LogP contribution in [0.15, 0.2) is 44.4 Å². The molecule has 0 spiro atoms. The van der Waals surface area contributed by atoms with E-state index >= 15 is 0 Å². The number of halogens is 2. The molecule has 0 radical (unpaired) electrons. The molecule has 1 saturated carbocycles. The molecule has 3 rings (SSSR count). The Bertz CT molecular complexity index is 1090. The zero-order valence-electron chi connectivity index (χ0n) is 17.5. The Morgan fingerprint density at radius 3 is 1.64 bits per heavy atom. The van der Waals surface area contributed by atoms with Gasteiger partial charge in [-0.05, 0) is 98.7 Å². The fourth-order valence-corrected chi connectivity index (χ4v) is 4.62. The molecular formula is C26H20Br2O5. The molecule has 1 aliphatic rings. The van der Waals surface area contributed by atoms with Crippen LogP contribution in [0.2, 0.25) is 0 Å². The van der Waals surface area contributed by atoms with Crippen LogP contribution in [0.5, 0.6) is 23.0 Å². The van der Waals surface area contributed by atoms with E-state index in [2.05, 4.69) is 43.7 Å². The van der Waals surface area contributed by atoms with Crippen molar-refractivity contribution < 1.29 is 24.5 Å². The molecule has 5 nitrogen and oxygen atoms in total. The van der Waals surface area contributed by atoms with E-state index in [4.69, 9.17) is 22.3 Å². The van der Waals surface area contributed by atoms with Gasteiger partial charge < -0.3 is 19.7 Å². The zero-order valence-corrected chi connectivity index (χ0v) is 20.7. The number of carbonyl (C=O) groups excluding carboxylic acids is 1. The minimum Gasteiger partial charge on any atom is -0.504 e. The lowest BCUT2D eigenvalue weighted by Crippen LogP contribution is -2.12. The van der Waals surface area contributed by atoms with Crippen molar-refractivity contribution in [1.82, 2.24) is 0 Å². The molecule has 0 unspecified atom stereocenters. The van der Waals surface area contributed by atoms with Crippen LogP contribution >= 0.6 is 31.9 Å². The van der Waals surface area contributed by atoms with Gasteiger partial charge in [0, 0.05) is 11.1 Å². The van der Waals surface area contributed by atoms with E-state index in [1.807, 2.05) is 0 Å². The summed E-state index contributed by atoms with van der Waals surface area (Å²) in [5, 5.41) is 20.5. The normalized spacial score (nSPS) is 15.8. The quantitative estimate of drug-likeness (QED) is 0.335. The highest BCUT2D eigenvalue weighted by Gasteiger charge is 2.21. The van der Waals surface area contributed by atoms with E-state index in [1.54, 1.807) is 24.3 Å². The molecule has 1 fully saturated rings. The van der Waals surface area contributed by atoms with E-state index in [0.29, 0.717) is 44.1 Å². The second kappa shape index (κ2) is 11.1. The van der Waals surface area contributed by atoms with Gasteiger partial charge in [0.1, 0.15) is 13.2 Å². The van der Waals surface area contributed by atoms with E-state index in [-0.39, 0.29) is 42.0 Å². The summed E-state index contributed by atoms with van der Waals surface area (Å²) in [4.78, 5) is 13.1. The summed E-state index contributed by atoms with van der Waals surface area (Å²) in [6.45, 7) is 0.0594. The van der Waals surface area contributed by atoms with Gasteiger partial charge in [0.05, 0.1) is 8.95 Å². The van der Waals surface area contributed by atoms with Crippen molar-refractivity contribution in [3.8, 4) is 47.7 Å². The number of hydrogen-bond acceptors (Lipinski definition) is 5. The van der Waals surface area contributed by atoms with E-state index in [1.165, 1.54) is 12.1 Å². The molecule has 2 aromatic carbocycles. The lowest BCUT2D eigenvalue weighted by molar-refractivity contribution is -0.112. The summed E-state index contributed by atoms with van der Waals surface area (Å²) in [5.74, 6) is 4.99. The van der Waals surface area contributed by atoms with Crippen molar-refractivity contribution in [2.24, 2.45) is 0 Å². The molecule has 0 atom stereocenters. The second-order valence-electron chi connectivity index (χ2n) is 7.21. The van der Waals surface area contributed by atoms with Crippen LogP contribution < -0.4 is 9.47 Å². The lowest BCUT2D eigenvalue weighted by atomic mass is 9.87. The highest BCUT2D eigenvalue weighted by atomic mass is 79.9. The van der Waals surface area contributed by atoms with Gasteiger partial charge in [-0.2, -0.15) is 0 Å². The Morgan fingerprint density at radius 1 is 0.848 bits per heavy atom. The SMILES string of the molecule is C#CCOc1c(O)cc(/C=C2\CCC/C(=C\c3cc(O)c(OCC#C)c(Br)c3)C2=O)cc1Br. The topological polar surface area (TPSA) is 76.0 Å². The first-order valence-corrected chi connectivity index (χ1v) is 11.6. The van der Waals surface area contributed by atoms with Gasteiger partial charge in [0.2, 0.25) is 0 Å². The molecule has 0 amide bonds. The Hall–Kier alpha value is -3.13. The van der Waals surface area contributed by atoms with E-state index in [0.717, 1.165) is 6.42 Å². The molecule has 168 valence electrons. The largest absolute Gasteiger partial charge is 0.504 e. The third-order valence-electron chi connectivity index (χ3n) is 4.85. The van der Waals surface area contributed by atoms with Gasteiger partial charge in [-0.1, -0.05) is 11.8 Å². The van der Waals surface area contributed by atoms with E-state index in [9.17, 15) is 15.0 Å². The van der Waals surface area contributed by atoms with Crippen LogP contribution in [0.1, 0.15) is 30.4 Å². The van der Waals surface area contributed by atoms with Crippen LogP contribution in [0.4, 0.5) is 0 Å². The second-order valence-corrected chi connectivity index (χ2v) is 8.92. The minimum absolute atomic E-state index is 0.0297. The fraction of sp³-hybridized carbons (Fsp3) is 0.192. The number of hydrogen-bond donors (Lipinski definition) is 2. The third-order valence-corrected chi connectivity index (χ3v) is 6.03. The van der Waals surface area contributed by atoms with Gasteiger partial charge in [0.25, 0.3) is 0 Å². The maximum Gasteiger partial charge on any atom is 0.185 e. The number of terminal acetylenes is 2. The lowest BCUT2D eigenvalue weighted by Gasteiger charge is -2.17. The van der Waals surface area contributed by atoms with Crippen LogP contribution in [0.25, 0.3) is 12.2 Å². The van der Waals surface area contributed by atoms with Gasteiger partial charge in [-0.3, -0.25) is 4.79 Å². The number of ketones is 1. The number of phenolic OH excluding ortho intramolecular Hbond substituents is 2.